The molecule has 0 fully saturated rings. The van der Waals surface area contributed by atoms with E-state index in [1.165, 1.54) is 39.2 Å². The van der Waals surface area contributed by atoms with Crippen LogP contribution in [0.5, 0.6) is 0 Å². The molecule has 0 saturated heterocycles. The van der Waals surface area contributed by atoms with Crippen LogP contribution in [0, 0.1) is 0 Å². The van der Waals surface area contributed by atoms with E-state index in [4.69, 9.17) is 14.6 Å². The summed E-state index contributed by atoms with van der Waals surface area (Å²) < 4.78 is 47.5. The highest BCUT2D eigenvalue weighted by atomic mass is 19.4. The first-order chi connectivity index (χ1) is 15.9. The van der Waals surface area contributed by atoms with E-state index in [1.54, 1.807) is 18.4 Å². The van der Waals surface area contributed by atoms with Gasteiger partial charge in [0, 0.05) is 18.3 Å². The van der Waals surface area contributed by atoms with Gasteiger partial charge in [0.1, 0.15) is 5.76 Å². The maximum atomic E-state index is 12.4. The summed E-state index contributed by atoms with van der Waals surface area (Å²) in [6.07, 6.45) is 3.91. The van der Waals surface area contributed by atoms with Crippen LogP contribution in [0.25, 0.3) is 0 Å². The Bertz CT molecular complexity index is 888. The molecule has 1 aromatic rings. The zero-order chi connectivity index (χ0) is 26.2. The molecule has 2 N–H and O–H groups in total. The lowest BCUT2D eigenvalue weighted by molar-refractivity contribution is -0.156. The second kappa shape index (κ2) is 15.4. The van der Waals surface area contributed by atoms with Gasteiger partial charge in [-0.05, 0) is 63.7 Å². The number of halogens is 3. The molecule has 0 saturated carbocycles. The van der Waals surface area contributed by atoms with Gasteiger partial charge in [-0.25, -0.2) is 4.79 Å². The van der Waals surface area contributed by atoms with Gasteiger partial charge in [-0.3, -0.25) is 0 Å². The standard InChI is InChI=1S/C13H16F3N3O.C11H16O3/c1-3-17-8-9-18-19-12(20-2)10-4-6-11(7-5-10)13(14,15)16;1-5-7-8-9(6-2)14-11(3,4)10(12)13/h4-7,9,17H,3,8H2,1-2H3;5-8H,2H2,1,3-4H3,(H,12,13)/b18-9+,19-12-;7-5-,9-8+. The van der Waals surface area contributed by atoms with E-state index in [9.17, 15) is 18.0 Å². The van der Waals surface area contributed by atoms with Crippen molar-refractivity contribution in [3.8, 4) is 0 Å². The molecule has 0 aromatic heterocycles. The van der Waals surface area contributed by atoms with Crippen LogP contribution in [-0.4, -0.2) is 49.0 Å². The molecule has 0 amide bonds. The van der Waals surface area contributed by atoms with Crippen LogP contribution < -0.4 is 5.32 Å². The molecular weight excluding hydrogens is 451 g/mol. The molecule has 0 bridgehead atoms. The van der Waals surface area contributed by atoms with Gasteiger partial charge in [0.2, 0.25) is 5.90 Å². The largest absolute Gasteiger partial charge is 0.479 e. The van der Waals surface area contributed by atoms with Crippen molar-refractivity contribution < 1.29 is 32.5 Å². The predicted octanol–water partition coefficient (Wildman–Crippen LogP) is 5.21. The van der Waals surface area contributed by atoms with E-state index in [1.807, 2.05) is 19.9 Å². The maximum Gasteiger partial charge on any atom is 0.416 e. The summed E-state index contributed by atoms with van der Waals surface area (Å²) in [5, 5.41) is 19.4. The fraction of sp³-hybridized carbons (Fsp3) is 0.375. The third-order valence-electron chi connectivity index (χ3n) is 3.91. The van der Waals surface area contributed by atoms with Gasteiger partial charge in [-0.2, -0.15) is 18.3 Å². The summed E-state index contributed by atoms with van der Waals surface area (Å²) in [5.74, 6) is -0.410. The van der Waals surface area contributed by atoms with Crippen molar-refractivity contribution in [3.05, 3.63) is 72.0 Å². The van der Waals surface area contributed by atoms with Gasteiger partial charge in [0.15, 0.2) is 5.60 Å². The topological polar surface area (TPSA) is 92.5 Å². The molecular formula is C24H32F3N3O4. The molecule has 34 heavy (non-hydrogen) atoms. The number of ether oxygens (including phenoxy) is 2. The summed E-state index contributed by atoms with van der Waals surface area (Å²) in [7, 11) is 1.39. The predicted molar refractivity (Wildman–Crippen MR) is 128 cm³/mol. The third kappa shape index (κ3) is 12.0. The van der Waals surface area contributed by atoms with Crippen molar-refractivity contribution in [3.63, 3.8) is 0 Å². The van der Waals surface area contributed by atoms with Crippen molar-refractivity contribution in [1.29, 1.82) is 0 Å². The number of carbonyl (C=O) groups is 1. The minimum absolute atomic E-state index is 0.159. The number of aliphatic carboxylic acids is 1. The third-order valence-corrected chi connectivity index (χ3v) is 3.91. The quantitative estimate of drug-likeness (QED) is 0.119. The molecule has 0 aliphatic heterocycles. The van der Waals surface area contributed by atoms with Crippen LogP contribution in [-0.2, 0) is 20.4 Å². The van der Waals surface area contributed by atoms with E-state index in [-0.39, 0.29) is 5.90 Å². The Kier molecular flexibility index (Phi) is 13.9. The fourth-order valence-corrected chi connectivity index (χ4v) is 2.03. The summed E-state index contributed by atoms with van der Waals surface area (Å²) in [4.78, 5) is 10.7. The van der Waals surface area contributed by atoms with Gasteiger partial charge < -0.3 is 19.9 Å². The number of allylic oxidation sites excluding steroid dienone is 4. The highest BCUT2D eigenvalue weighted by Gasteiger charge is 2.30. The van der Waals surface area contributed by atoms with Crippen LogP contribution in [0.15, 0.2) is 71.1 Å². The molecule has 1 rings (SSSR count). The van der Waals surface area contributed by atoms with Crippen molar-refractivity contribution in [1.82, 2.24) is 5.32 Å². The van der Waals surface area contributed by atoms with E-state index in [0.717, 1.165) is 18.7 Å². The first kappa shape index (κ1) is 30.6. The molecule has 0 spiro atoms. The zero-order valence-electron chi connectivity index (χ0n) is 20.0. The van der Waals surface area contributed by atoms with Crippen LogP contribution in [0.2, 0.25) is 0 Å². The monoisotopic (exact) mass is 483 g/mol. The Hall–Kier alpha value is -3.40. The average molecular weight is 484 g/mol. The number of nitrogens with zero attached hydrogens (tertiary/aromatic N) is 2. The molecule has 0 unspecified atom stereocenters. The SMILES string of the molecule is C=C/C(=C\C=C/C)OC(C)(C)C(=O)O.CCNC/C=N/N=C(\OC)c1ccc(C(F)(F)F)cc1. The molecule has 7 nitrogen and oxygen atoms in total. The highest BCUT2D eigenvalue weighted by Crippen LogP contribution is 2.29. The number of methoxy groups -OCH3 is 1. The summed E-state index contributed by atoms with van der Waals surface area (Å²) in [5.41, 5.74) is -1.52. The number of benzene rings is 1. The lowest BCUT2D eigenvalue weighted by Crippen LogP contribution is -2.34. The van der Waals surface area contributed by atoms with E-state index < -0.39 is 23.3 Å². The number of hydrogen-bond acceptors (Lipinski definition) is 6. The molecule has 0 aliphatic carbocycles. The van der Waals surface area contributed by atoms with Crippen molar-refractivity contribution in [2.24, 2.45) is 10.2 Å². The minimum atomic E-state index is -4.35. The van der Waals surface area contributed by atoms with Crippen LogP contribution in [0.3, 0.4) is 0 Å². The first-order valence-corrected chi connectivity index (χ1v) is 10.3. The average Bonchev–Trinajstić information content (AvgIpc) is 2.79. The van der Waals surface area contributed by atoms with Gasteiger partial charge in [0.25, 0.3) is 0 Å². The van der Waals surface area contributed by atoms with Gasteiger partial charge in [-0.15, -0.1) is 5.10 Å². The van der Waals surface area contributed by atoms with E-state index in [0.29, 0.717) is 17.9 Å². The van der Waals surface area contributed by atoms with E-state index >= 15 is 0 Å². The van der Waals surface area contributed by atoms with E-state index in [2.05, 4.69) is 22.1 Å². The second-order valence-electron chi connectivity index (χ2n) is 7.01. The Morgan fingerprint density at radius 2 is 1.85 bits per heavy atom. The molecule has 0 radical (unpaired) electrons. The molecule has 0 heterocycles. The normalized spacial score (nSPS) is 12.9. The summed E-state index contributed by atoms with van der Waals surface area (Å²) >= 11 is 0. The first-order valence-electron chi connectivity index (χ1n) is 10.3. The Morgan fingerprint density at radius 1 is 1.24 bits per heavy atom. The molecule has 1 aromatic carbocycles. The lowest BCUT2D eigenvalue weighted by atomic mass is 10.1. The van der Waals surface area contributed by atoms with Gasteiger partial charge in [-0.1, -0.05) is 25.7 Å². The Labute approximate surface area is 198 Å². The molecule has 188 valence electrons. The maximum absolute atomic E-state index is 12.4. The summed E-state index contributed by atoms with van der Waals surface area (Å²) in [6, 6.07) is 4.55. The lowest BCUT2D eigenvalue weighted by Gasteiger charge is -2.21. The molecule has 0 aliphatic rings. The fourth-order valence-electron chi connectivity index (χ4n) is 2.03. The number of rotatable bonds is 10. The number of nitrogens with one attached hydrogen (secondary N) is 1. The second-order valence-corrected chi connectivity index (χ2v) is 7.01. The van der Waals surface area contributed by atoms with Gasteiger partial charge >= 0.3 is 12.1 Å². The van der Waals surface area contributed by atoms with Crippen molar-refractivity contribution >= 4 is 18.1 Å². The number of carboxylic acids is 1. The minimum Gasteiger partial charge on any atom is -0.479 e. The van der Waals surface area contributed by atoms with Crippen LogP contribution in [0.1, 0.15) is 38.8 Å². The van der Waals surface area contributed by atoms with Gasteiger partial charge in [0.05, 0.1) is 12.7 Å². The number of carboxylic acid groups (broad SMARTS) is 1. The highest BCUT2D eigenvalue weighted by molar-refractivity contribution is 5.94. The number of alkyl halides is 3. The number of hydrogen-bond donors (Lipinski definition) is 2. The molecule has 0 atom stereocenters. The zero-order valence-corrected chi connectivity index (χ0v) is 20.0. The Balaban J connectivity index is 0.000000686. The smallest absolute Gasteiger partial charge is 0.416 e. The van der Waals surface area contributed by atoms with Crippen molar-refractivity contribution in [2.45, 2.75) is 39.5 Å². The molecule has 10 heteroatoms. The van der Waals surface area contributed by atoms with Crippen LogP contribution in [0.4, 0.5) is 13.2 Å². The van der Waals surface area contributed by atoms with Crippen molar-refractivity contribution in [2.75, 3.05) is 20.2 Å². The van der Waals surface area contributed by atoms with Crippen LogP contribution >= 0.6 is 0 Å². The summed E-state index contributed by atoms with van der Waals surface area (Å²) in [6.45, 7) is 11.7. The Morgan fingerprint density at radius 3 is 2.29 bits per heavy atom.